The average Bonchev–Trinajstić information content (AvgIpc) is 3.04. The maximum absolute atomic E-state index is 13.0. The molecule has 1 N–H and O–H groups in total. The van der Waals surface area contributed by atoms with Crippen molar-refractivity contribution >= 4 is 21.6 Å². The molecule has 0 unspecified atom stereocenters. The van der Waals surface area contributed by atoms with Gasteiger partial charge in [-0.1, -0.05) is 29.5 Å². The molecular formula is C22H25FN2OS. The Morgan fingerprint density at radius 1 is 1.07 bits per heavy atom. The second-order valence-corrected chi connectivity index (χ2v) is 8.58. The summed E-state index contributed by atoms with van der Waals surface area (Å²) in [5.41, 5.74) is 3.50. The van der Waals surface area contributed by atoms with Crippen molar-refractivity contribution < 1.29 is 4.39 Å². The Kier molecular flexibility index (Phi) is 5.69. The number of aromatic amines is 1. The summed E-state index contributed by atoms with van der Waals surface area (Å²) in [6.07, 6.45) is 5.71. The molecule has 3 nitrogen and oxygen atoms in total. The predicted octanol–water partition coefficient (Wildman–Crippen LogP) is 4.62. The standard InChI is InChI=1S/C22H25FN2OS/c23-19-6-3-17(4-7-19)14-18-9-12-25(13-10-18)11-1-2-16-5-8-20-21(15-16)27-22(26)24-20/h3-8,15,18H,1-2,9-14H2,(H,24,26). The molecule has 2 heterocycles. The zero-order chi connectivity index (χ0) is 18.6. The van der Waals surface area contributed by atoms with Gasteiger partial charge in [0.2, 0.25) is 0 Å². The Hall–Kier alpha value is -1.98. The quantitative estimate of drug-likeness (QED) is 0.673. The number of likely N-dealkylation sites (tertiary alicyclic amines) is 1. The number of piperidine rings is 1. The third-order valence-corrected chi connectivity index (χ3v) is 6.42. The number of benzene rings is 2. The molecular weight excluding hydrogens is 359 g/mol. The summed E-state index contributed by atoms with van der Waals surface area (Å²) in [5, 5.41) is 0. The van der Waals surface area contributed by atoms with E-state index in [1.165, 1.54) is 35.3 Å². The van der Waals surface area contributed by atoms with Crippen LogP contribution in [0.1, 0.15) is 30.4 Å². The van der Waals surface area contributed by atoms with Gasteiger partial charge in [-0.2, -0.15) is 0 Å². The van der Waals surface area contributed by atoms with Crippen LogP contribution in [0.3, 0.4) is 0 Å². The minimum atomic E-state index is -0.154. The van der Waals surface area contributed by atoms with Crippen molar-refractivity contribution in [3.05, 3.63) is 69.1 Å². The van der Waals surface area contributed by atoms with Gasteiger partial charge in [-0.05, 0) is 93.0 Å². The van der Waals surface area contributed by atoms with Crippen molar-refractivity contribution in [3.8, 4) is 0 Å². The van der Waals surface area contributed by atoms with Crippen LogP contribution in [-0.2, 0) is 12.8 Å². The smallest absolute Gasteiger partial charge is 0.305 e. The molecule has 27 heavy (non-hydrogen) atoms. The van der Waals surface area contributed by atoms with Crippen molar-refractivity contribution in [2.45, 2.75) is 32.1 Å². The SMILES string of the molecule is O=c1[nH]c2ccc(CCCN3CCC(Cc4ccc(F)cc4)CC3)cc2s1. The van der Waals surface area contributed by atoms with Crippen molar-refractivity contribution in [3.63, 3.8) is 0 Å². The third-order valence-electron chi connectivity index (χ3n) is 5.57. The van der Waals surface area contributed by atoms with Crippen LogP contribution in [0.4, 0.5) is 4.39 Å². The van der Waals surface area contributed by atoms with Gasteiger partial charge >= 0.3 is 4.87 Å². The van der Waals surface area contributed by atoms with Crippen molar-refractivity contribution in [1.29, 1.82) is 0 Å². The first kappa shape index (κ1) is 18.4. The maximum atomic E-state index is 13.0. The topological polar surface area (TPSA) is 36.1 Å². The van der Waals surface area contributed by atoms with Crippen LogP contribution in [0.2, 0.25) is 0 Å². The third kappa shape index (κ3) is 4.85. The number of aryl methyl sites for hydroxylation is 1. The number of halogens is 1. The zero-order valence-electron chi connectivity index (χ0n) is 15.4. The molecule has 1 aliphatic rings. The van der Waals surface area contributed by atoms with E-state index >= 15 is 0 Å². The van der Waals surface area contributed by atoms with Gasteiger partial charge in [-0.25, -0.2) is 4.39 Å². The highest BCUT2D eigenvalue weighted by molar-refractivity contribution is 7.16. The summed E-state index contributed by atoms with van der Waals surface area (Å²) in [6, 6.07) is 13.2. The van der Waals surface area contributed by atoms with Crippen LogP contribution in [0.15, 0.2) is 47.3 Å². The predicted molar refractivity (Wildman–Crippen MR) is 110 cm³/mol. The number of rotatable bonds is 6. The molecule has 1 fully saturated rings. The Morgan fingerprint density at radius 3 is 2.59 bits per heavy atom. The second kappa shape index (κ2) is 8.36. The van der Waals surface area contributed by atoms with Crippen LogP contribution in [0.5, 0.6) is 0 Å². The van der Waals surface area contributed by atoms with Gasteiger partial charge in [-0.3, -0.25) is 4.79 Å². The lowest BCUT2D eigenvalue weighted by molar-refractivity contribution is 0.182. The van der Waals surface area contributed by atoms with Gasteiger partial charge < -0.3 is 9.88 Å². The number of aromatic nitrogens is 1. The molecule has 142 valence electrons. The van der Waals surface area contributed by atoms with E-state index < -0.39 is 0 Å². The molecule has 0 aliphatic carbocycles. The highest BCUT2D eigenvalue weighted by Crippen LogP contribution is 2.22. The van der Waals surface area contributed by atoms with Crippen LogP contribution >= 0.6 is 11.3 Å². The van der Waals surface area contributed by atoms with Gasteiger partial charge in [0.1, 0.15) is 5.82 Å². The molecule has 0 saturated carbocycles. The average molecular weight is 385 g/mol. The van der Waals surface area contributed by atoms with Crippen LogP contribution in [-0.4, -0.2) is 29.5 Å². The van der Waals surface area contributed by atoms with E-state index in [9.17, 15) is 9.18 Å². The zero-order valence-corrected chi connectivity index (χ0v) is 16.2. The van der Waals surface area contributed by atoms with Crippen LogP contribution in [0.25, 0.3) is 10.2 Å². The highest BCUT2D eigenvalue weighted by Gasteiger charge is 2.19. The molecule has 5 heteroatoms. The Labute approximate surface area is 162 Å². The van der Waals surface area contributed by atoms with Crippen LogP contribution < -0.4 is 4.87 Å². The number of hydrogen-bond donors (Lipinski definition) is 1. The Balaban J connectivity index is 1.21. The number of H-pyrrole nitrogens is 1. The number of nitrogens with zero attached hydrogens (tertiary/aromatic N) is 1. The monoisotopic (exact) mass is 384 g/mol. The first-order valence-electron chi connectivity index (χ1n) is 9.74. The fourth-order valence-electron chi connectivity index (χ4n) is 4.02. The Morgan fingerprint density at radius 2 is 1.81 bits per heavy atom. The first-order valence-corrected chi connectivity index (χ1v) is 10.6. The maximum Gasteiger partial charge on any atom is 0.305 e. The minimum Gasteiger partial charge on any atom is -0.312 e. The summed E-state index contributed by atoms with van der Waals surface area (Å²) in [4.78, 5) is 16.9. The molecule has 4 rings (SSSR count). The summed E-state index contributed by atoms with van der Waals surface area (Å²) >= 11 is 1.29. The molecule has 1 aromatic heterocycles. The van der Waals surface area contributed by atoms with E-state index in [0.717, 1.165) is 49.1 Å². The molecule has 1 aliphatic heterocycles. The van der Waals surface area contributed by atoms with Gasteiger partial charge in [-0.15, -0.1) is 0 Å². The fraction of sp³-hybridized carbons (Fsp3) is 0.409. The lowest BCUT2D eigenvalue weighted by atomic mass is 9.90. The summed E-state index contributed by atoms with van der Waals surface area (Å²) in [6.45, 7) is 3.44. The number of hydrogen-bond acceptors (Lipinski definition) is 3. The molecule has 0 atom stereocenters. The molecule has 0 amide bonds. The first-order chi connectivity index (χ1) is 13.2. The van der Waals surface area contributed by atoms with Crippen LogP contribution in [0, 0.1) is 11.7 Å². The van der Waals surface area contributed by atoms with E-state index in [1.54, 1.807) is 12.1 Å². The number of nitrogens with one attached hydrogen (secondary N) is 1. The van der Waals surface area contributed by atoms with Gasteiger partial charge in [0.05, 0.1) is 10.2 Å². The summed E-state index contributed by atoms with van der Waals surface area (Å²) < 4.78 is 14.1. The molecule has 0 spiro atoms. The minimum absolute atomic E-state index is 0.0191. The summed E-state index contributed by atoms with van der Waals surface area (Å²) in [7, 11) is 0. The highest BCUT2D eigenvalue weighted by atomic mass is 32.1. The van der Waals surface area contributed by atoms with Gasteiger partial charge in [0.15, 0.2) is 0 Å². The number of thiazole rings is 1. The van der Waals surface area contributed by atoms with Gasteiger partial charge in [0, 0.05) is 0 Å². The Bertz CT molecular complexity index is 939. The number of fused-ring (bicyclic) bond motifs is 1. The van der Waals surface area contributed by atoms with E-state index in [-0.39, 0.29) is 10.7 Å². The van der Waals surface area contributed by atoms with E-state index in [0.29, 0.717) is 5.92 Å². The summed E-state index contributed by atoms with van der Waals surface area (Å²) in [5.74, 6) is 0.559. The van der Waals surface area contributed by atoms with Crippen molar-refractivity contribution in [2.24, 2.45) is 5.92 Å². The molecule has 3 aromatic rings. The van der Waals surface area contributed by atoms with E-state index in [2.05, 4.69) is 22.0 Å². The lowest BCUT2D eigenvalue weighted by Crippen LogP contribution is -2.35. The largest absolute Gasteiger partial charge is 0.312 e. The molecule has 1 saturated heterocycles. The molecule has 2 aromatic carbocycles. The normalized spacial score (nSPS) is 16.2. The lowest BCUT2D eigenvalue weighted by Gasteiger charge is -2.32. The van der Waals surface area contributed by atoms with Crippen molar-refractivity contribution in [1.82, 2.24) is 9.88 Å². The molecule has 0 bridgehead atoms. The second-order valence-electron chi connectivity index (χ2n) is 7.56. The van der Waals surface area contributed by atoms with Gasteiger partial charge in [0.25, 0.3) is 0 Å². The van der Waals surface area contributed by atoms with E-state index in [1.807, 2.05) is 18.2 Å². The van der Waals surface area contributed by atoms with Crippen molar-refractivity contribution in [2.75, 3.05) is 19.6 Å². The van der Waals surface area contributed by atoms with E-state index in [4.69, 9.17) is 0 Å². The fourth-order valence-corrected chi connectivity index (χ4v) is 4.82. The molecule has 0 radical (unpaired) electrons.